The minimum absolute atomic E-state index is 0.322. The molecule has 2 aromatic heterocycles. The predicted molar refractivity (Wildman–Crippen MR) is 118 cm³/mol. The molecule has 0 unspecified atom stereocenters. The van der Waals surface area contributed by atoms with Gasteiger partial charge in [0.05, 0.1) is 24.2 Å². The molecule has 1 aliphatic heterocycles. The van der Waals surface area contributed by atoms with E-state index in [1.807, 2.05) is 6.26 Å². The summed E-state index contributed by atoms with van der Waals surface area (Å²) in [6.07, 6.45) is 2.93. The van der Waals surface area contributed by atoms with Crippen LogP contribution in [0.25, 0.3) is 16.9 Å². The molecule has 1 aliphatic carbocycles. The average molecular weight is 462 g/mol. The number of hydrogen-bond acceptors (Lipinski definition) is 7. The van der Waals surface area contributed by atoms with Gasteiger partial charge in [0.15, 0.2) is 16.8 Å². The quantitative estimate of drug-likeness (QED) is 0.417. The van der Waals surface area contributed by atoms with Crippen LogP contribution in [0.15, 0.2) is 35.5 Å². The van der Waals surface area contributed by atoms with Crippen LogP contribution in [0.1, 0.15) is 37.9 Å². The summed E-state index contributed by atoms with van der Waals surface area (Å²) in [7, 11) is 0. The first-order valence-corrected chi connectivity index (χ1v) is 12.0. The Kier molecular flexibility index (Phi) is 6.00. The summed E-state index contributed by atoms with van der Waals surface area (Å²) in [5.41, 5.74) is 1.10. The van der Waals surface area contributed by atoms with Crippen molar-refractivity contribution >= 4 is 28.6 Å². The standard InChI is InChI=1S/C22H25F2N5O2S/c1-32-21-27-17(25-13-14-6-8-22(9-7-14)30-10-11-31-22)12-18(28-21)29-16-5-3-2-4-15(16)26-20(29)19(23)24/h2-5,12,14,19H,6-11,13H2,1H3,(H,25,27,28). The van der Waals surface area contributed by atoms with Gasteiger partial charge >= 0.3 is 0 Å². The van der Waals surface area contributed by atoms with E-state index in [0.29, 0.717) is 47.0 Å². The Labute approximate surface area is 188 Å². The van der Waals surface area contributed by atoms with Gasteiger partial charge in [0.2, 0.25) is 0 Å². The molecule has 3 heterocycles. The molecule has 0 radical (unpaired) electrons. The van der Waals surface area contributed by atoms with Crippen LogP contribution in [0.5, 0.6) is 0 Å². The molecule has 7 nitrogen and oxygen atoms in total. The first-order chi connectivity index (χ1) is 15.6. The third-order valence-corrected chi connectivity index (χ3v) is 6.69. The number of fused-ring (bicyclic) bond motifs is 1. The molecule has 5 rings (SSSR count). The highest BCUT2D eigenvalue weighted by Crippen LogP contribution is 2.38. The molecule has 2 fully saturated rings. The molecular formula is C22H25F2N5O2S. The summed E-state index contributed by atoms with van der Waals surface area (Å²) >= 11 is 1.37. The minimum Gasteiger partial charge on any atom is -0.370 e. The first kappa shape index (κ1) is 21.5. The molecule has 1 saturated heterocycles. The average Bonchev–Trinajstić information content (AvgIpc) is 3.43. The van der Waals surface area contributed by atoms with Crippen LogP contribution in [0.4, 0.5) is 14.6 Å². The molecule has 1 aromatic carbocycles. The van der Waals surface area contributed by atoms with Crippen molar-refractivity contribution in [2.45, 2.75) is 43.1 Å². The third-order valence-electron chi connectivity index (χ3n) is 6.14. The number of hydrogen-bond donors (Lipinski definition) is 1. The van der Waals surface area contributed by atoms with Gasteiger partial charge in [-0.3, -0.25) is 4.57 Å². The molecule has 0 bridgehead atoms. The van der Waals surface area contributed by atoms with Gasteiger partial charge in [-0.1, -0.05) is 23.9 Å². The number of anilines is 1. The van der Waals surface area contributed by atoms with Crippen LogP contribution in [-0.4, -0.2) is 51.3 Å². The summed E-state index contributed by atoms with van der Waals surface area (Å²) in [5.74, 6) is 0.767. The fourth-order valence-electron chi connectivity index (χ4n) is 4.50. The van der Waals surface area contributed by atoms with Crippen LogP contribution in [0, 0.1) is 5.92 Å². The number of alkyl halides is 2. The van der Waals surface area contributed by atoms with E-state index in [1.54, 1.807) is 30.3 Å². The van der Waals surface area contributed by atoms with E-state index in [1.165, 1.54) is 16.3 Å². The number of imidazole rings is 1. The zero-order valence-corrected chi connectivity index (χ0v) is 18.6. The lowest BCUT2D eigenvalue weighted by molar-refractivity contribution is -0.181. The first-order valence-electron chi connectivity index (χ1n) is 10.8. The van der Waals surface area contributed by atoms with Crippen molar-refractivity contribution in [2.75, 3.05) is 31.3 Å². The fraction of sp³-hybridized carbons (Fsp3) is 0.500. The van der Waals surface area contributed by atoms with Gasteiger partial charge in [-0.05, 0) is 37.1 Å². The molecule has 10 heteroatoms. The number of benzene rings is 1. The summed E-state index contributed by atoms with van der Waals surface area (Å²) < 4.78 is 40.6. The van der Waals surface area contributed by atoms with Crippen molar-refractivity contribution in [3.63, 3.8) is 0 Å². The summed E-state index contributed by atoms with van der Waals surface area (Å²) in [6.45, 7) is 2.09. The second-order valence-corrected chi connectivity index (χ2v) is 8.90. The molecular weight excluding hydrogens is 436 g/mol. The highest BCUT2D eigenvalue weighted by molar-refractivity contribution is 7.98. The molecule has 170 valence electrons. The van der Waals surface area contributed by atoms with E-state index in [0.717, 1.165) is 32.2 Å². The van der Waals surface area contributed by atoms with Crippen LogP contribution in [0.2, 0.25) is 0 Å². The van der Waals surface area contributed by atoms with Crippen molar-refractivity contribution < 1.29 is 18.3 Å². The van der Waals surface area contributed by atoms with E-state index in [2.05, 4.69) is 20.3 Å². The van der Waals surface area contributed by atoms with Gasteiger partial charge in [-0.2, -0.15) is 0 Å². The zero-order valence-electron chi connectivity index (χ0n) is 17.8. The lowest BCUT2D eigenvalue weighted by Crippen LogP contribution is -2.36. The number of thioether (sulfide) groups is 1. The molecule has 1 spiro atoms. The van der Waals surface area contributed by atoms with E-state index in [9.17, 15) is 8.78 Å². The number of ether oxygens (including phenoxy) is 2. The van der Waals surface area contributed by atoms with Gasteiger partial charge < -0.3 is 14.8 Å². The number of nitrogens with zero attached hydrogens (tertiary/aromatic N) is 4. The van der Waals surface area contributed by atoms with E-state index in [-0.39, 0.29) is 11.6 Å². The molecule has 1 saturated carbocycles. The van der Waals surface area contributed by atoms with Gasteiger partial charge in [0.25, 0.3) is 6.43 Å². The molecule has 2 aliphatic rings. The second kappa shape index (κ2) is 8.92. The number of halogens is 2. The van der Waals surface area contributed by atoms with Crippen molar-refractivity contribution in [1.82, 2.24) is 19.5 Å². The van der Waals surface area contributed by atoms with E-state index < -0.39 is 6.43 Å². The summed E-state index contributed by atoms with van der Waals surface area (Å²) in [6, 6.07) is 8.80. The maximum Gasteiger partial charge on any atom is 0.296 e. The SMILES string of the molecule is CSc1nc(NCC2CCC3(CC2)OCCO3)cc(-n2c(C(F)F)nc3ccccc32)n1. The topological polar surface area (TPSA) is 74.1 Å². The van der Waals surface area contributed by atoms with Crippen molar-refractivity contribution in [2.24, 2.45) is 5.92 Å². The largest absolute Gasteiger partial charge is 0.370 e. The van der Waals surface area contributed by atoms with Crippen molar-refractivity contribution in [1.29, 1.82) is 0 Å². The van der Waals surface area contributed by atoms with Crippen molar-refractivity contribution in [3.8, 4) is 5.82 Å². The Morgan fingerprint density at radius 3 is 2.62 bits per heavy atom. The summed E-state index contributed by atoms with van der Waals surface area (Å²) in [5, 5.41) is 3.91. The number of aromatic nitrogens is 4. The Morgan fingerprint density at radius 2 is 1.91 bits per heavy atom. The number of para-hydroxylation sites is 2. The number of rotatable bonds is 6. The maximum absolute atomic E-state index is 13.8. The molecule has 0 atom stereocenters. The van der Waals surface area contributed by atoms with Gasteiger partial charge in [-0.25, -0.2) is 23.7 Å². The fourth-order valence-corrected chi connectivity index (χ4v) is 4.87. The monoisotopic (exact) mass is 461 g/mol. The Morgan fingerprint density at radius 1 is 1.16 bits per heavy atom. The zero-order chi connectivity index (χ0) is 22.1. The summed E-state index contributed by atoms with van der Waals surface area (Å²) in [4.78, 5) is 13.2. The van der Waals surface area contributed by atoms with E-state index >= 15 is 0 Å². The Bertz CT molecular complexity index is 1090. The van der Waals surface area contributed by atoms with Crippen LogP contribution >= 0.6 is 11.8 Å². The molecule has 3 aromatic rings. The predicted octanol–water partition coefficient (Wildman–Crippen LogP) is 4.82. The van der Waals surface area contributed by atoms with Gasteiger partial charge in [0.1, 0.15) is 11.6 Å². The van der Waals surface area contributed by atoms with Crippen LogP contribution < -0.4 is 5.32 Å². The van der Waals surface area contributed by atoms with Crippen LogP contribution in [-0.2, 0) is 9.47 Å². The van der Waals surface area contributed by atoms with Gasteiger partial charge in [-0.15, -0.1) is 0 Å². The normalized spacial score (nSPS) is 18.8. The smallest absolute Gasteiger partial charge is 0.296 e. The van der Waals surface area contributed by atoms with Crippen molar-refractivity contribution in [3.05, 3.63) is 36.2 Å². The molecule has 0 amide bonds. The lowest BCUT2D eigenvalue weighted by Gasteiger charge is -2.35. The Hall–Kier alpha value is -2.30. The van der Waals surface area contributed by atoms with Crippen LogP contribution in [0.3, 0.4) is 0 Å². The third kappa shape index (κ3) is 4.18. The molecule has 1 N–H and O–H groups in total. The highest BCUT2D eigenvalue weighted by Gasteiger charge is 2.40. The number of nitrogens with one attached hydrogen (secondary N) is 1. The second-order valence-electron chi connectivity index (χ2n) is 8.12. The van der Waals surface area contributed by atoms with Gasteiger partial charge in [0, 0.05) is 25.5 Å². The molecule has 32 heavy (non-hydrogen) atoms. The minimum atomic E-state index is -2.72. The van der Waals surface area contributed by atoms with E-state index in [4.69, 9.17) is 9.47 Å². The maximum atomic E-state index is 13.8. The highest BCUT2D eigenvalue weighted by atomic mass is 32.2. The lowest BCUT2D eigenvalue weighted by atomic mass is 9.85. The Balaban J connectivity index is 1.38.